The second-order valence-electron chi connectivity index (χ2n) is 5.30. The molecular formula is C15H18F3N3S. The average Bonchev–Trinajstić information content (AvgIpc) is 2.48. The number of benzene rings is 1. The molecule has 3 nitrogen and oxygen atoms in total. The normalized spacial score (nSPS) is 16.7. The molecule has 0 radical (unpaired) electrons. The number of rotatable bonds is 3. The smallest absolute Gasteiger partial charge is 0.359 e. The lowest BCUT2D eigenvalue weighted by Gasteiger charge is -2.23. The predicted molar refractivity (Wildman–Crippen MR) is 84.8 cm³/mol. The number of halogens is 3. The third-order valence-electron chi connectivity index (χ3n) is 3.53. The molecule has 1 aliphatic rings. The number of hydrogen-bond donors (Lipinski definition) is 2. The van der Waals surface area contributed by atoms with E-state index in [9.17, 15) is 13.2 Å². The molecule has 0 atom stereocenters. The highest BCUT2D eigenvalue weighted by Crippen LogP contribution is 2.29. The molecule has 1 aromatic rings. The first kappa shape index (κ1) is 16.7. The van der Waals surface area contributed by atoms with Crippen molar-refractivity contribution in [2.45, 2.75) is 44.3 Å². The molecule has 0 unspecified atom stereocenters. The van der Waals surface area contributed by atoms with Crippen molar-refractivity contribution in [1.82, 2.24) is 10.7 Å². The van der Waals surface area contributed by atoms with Gasteiger partial charge in [-0.15, -0.1) is 0 Å². The maximum atomic E-state index is 12.6. The molecule has 1 aliphatic carbocycles. The SMILES string of the molecule is FC(F)(F)c1cccc(C=NNC(=S)NC2CCCCC2)c1. The van der Waals surface area contributed by atoms with E-state index in [0.717, 1.165) is 25.0 Å². The maximum absolute atomic E-state index is 12.6. The van der Waals surface area contributed by atoms with Crippen LogP contribution in [0, 0.1) is 0 Å². The van der Waals surface area contributed by atoms with Crippen LogP contribution >= 0.6 is 12.2 Å². The molecule has 2 rings (SSSR count). The number of hydrazone groups is 1. The van der Waals surface area contributed by atoms with Crippen LogP contribution in [0.4, 0.5) is 13.2 Å². The van der Waals surface area contributed by atoms with Gasteiger partial charge < -0.3 is 5.32 Å². The summed E-state index contributed by atoms with van der Waals surface area (Å²) >= 11 is 5.12. The summed E-state index contributed by atoms with van der Waals surface area (Å²) in [5, 5.41) is 7.45. The van der Waals surface area contributed by atoms with E-state index < -0.39 is 11.7 Å². The lowest BCUT2D eigenvalue weighted by atomic mass is 9.96. The molecule has 0 bridgehead atoms. The second-order valence-corrected chi connectivity index (χ2v) is 5.71. The Bertz CT molecular complexity index is 537. The first-order valence-corrected chi connectivity index (χ1v) is 7.63. The summed E-state index contributed by atoms with van der Waals surface area (Å²) in [5.74, 6) is 0. The van der Waals surface area contributed by atoms with Gasteiger partial charge in [-0.05, 0) is 42.8 Å². The van der Waals surface area contributed by atoms with Crippen molar-refractivity contribution in [3.05, 3.63) is 35.4 Å². The highest BCUT2D eigenvalue weighted by Gasteiger charge is 2.30. The molecule has 22 heavy (non-hydrogen) atoms. The Balaban J connectivity index is 1.85. The summed E-state index contributed by atoms with van der Waals surface area (Å²) in [4.78, 5) is 0. The van der Waals surface area contributed by atoms with Crippen LogP contribution < -0.4 is 10.7 Å². The van der Waals surface area contributed by atoms with Crippen LogP contribution in [0.25, 0.3) is 0 Å². The zero-order valence-electron chi connectivity index (χ0n) is 12.0. The molecule has 1 saturated carbocycles. The van der Waals surface area contributed by atoms with Gasteiger partial charge in [-0.3, -0.25) is 5.43 Å². The molecule has 0 aromatic heterocycles. The molecule has 0 saturated heterocycles. The fraction of sp³-hybridized carbons (Fsp3) is 0.467. The van der Waals surface area contributed by atoms with Crippen molar-refractivity contribution in [2.75, 3.05) is 0 Å². The summed E-state index contributed by atoms with van der Waals surface area (Å²) in [6.07, 6.45) is 2.77. The highest BCUT2D eigenvalue weighted by atomic mass is 32.1. The molecule has 1 aromatic carbocycles. The van der Waals surface area contributed by atoms with Crippen molar-refractivity contribution in [3.63, 3.8) is 0 Å². The van der Waals surface area contributed by atoms with Gasteiger partial charge in [0.2, 0.25) is 0 Å². The average molecular weight is 329 g/mol. The van der Waals surface area contributed by atoms with Crippen molar-refractivity contribution < 1.29 is 13.2 Å². The monoisotopic (exact) mass is 329 g/mol. The van der Waals surface area contributed by atoms with E-state index in [2.05, 4.69) is 15.8 Å². The van der Waals surface area contributed by atoms with Gasteiger partial charge in [0.05, 0.1) is 11.8 Å². The van der Waals surface area contributed by atoms with Crippen molar-refractivity contribution in [1.29, 1.82) is 0 Å². The molecule has 7 heteroatoms. The summed E-state index contributed by atoms with van der Waals surface area (Å²) in [7, 11) is 0. The maximum Gasteiger partial charge on any atom is 0.416 e. The molecule has 0 spiro atoms. The minimum absolute atomic E-state index is 0.359. The minimum Gasteiger partial charge on any atom is -0.359 e. The third kappa shape index (κ3) is 5.29. The van der Waals surface area contributed by atoms with Gasteiger partial charge >= 0.3 is 6.18 Å². The van der Waals surface area contributed by atoms with E-state index in [1.807, 2.05) is 0 Å². The zero-order chi connectivity index (χ0) is 16.0. The van der Waals surface area contributed by atoms with Crippen LogP contribution in [0.15, 0.2) is 29.4 Å². The zero-order valence-corrected chi connectivity index (χ0v) is 12.8. The van der Waals surface area contributed by atoms with Crippen molar-refractivity contribution in [2.24, 2.45) is 5.10 Å². The number of alkyl halides is 3. The number of thiocarbonyl (C=S) groups is 1. The van der Waals surface area contributed by atoms with Crippen molar-refractivity contribution >= 4 is 23.5 Å². The quantitative estimate of drug-likeness (QED) is 0.503. The van der Waals surface area contributed by atoms with E-state index in [0.29, 0.717) is 16.7 Å². The Labute approximate surface area is 133 Å². The summed E-state index contributed by atoms with van der Waals surface area (Å²) in [5.41, 5.74) is 2.31. The molecule has 0 amide bonds. The molecule has 2 N–H and O–H groups in total. The van der Waals surface area contributed by atoms with E-state index in [1.165, 1.54) is 31.5 Å². The standard InChI is InChI=1S/C15H18F3N3S/c16-15(17,18)12-6-4-5-11(9-12)10-19-21-14(22)20-13-7-2-1-3-8-13/h4-6,9-10,13H,1-3,7-8H2,(H2,20,21,22). The molecular weight excluding hydrogens is 311 g/mol. The number of hydrogen-bond acceptors (Lipinski definition) is 2. The van der Waals surface area contributed by atoms with Crippen LogP contribution in [0.5, 0.6) is 0 Å². The molecule has 0 heterocycles. The number of nitrogens with one attached hydrogen (secondary N) is 2. The van der Waals surface area contributed by atoms with E-state index in [1.54, 1.807) is 6.07 Å². The van der Waals surface area contributed by atoms with E-state index in [4.69, 9.17) is 12.2 Å². The van der Waals surface area contributed by atoms with Gasteiger partial charge in [-0.2, -0.15) is 18.3 Å². The van der Waals surface area contributed by atoms with Gasteiger partial charge in [0.1, 0.15) is 0 Å². The predicted octanol–water partition coefficient (Wildman–Crippen LogP) is 3.84. The van der Waals surface area contributed by atoms with Crippen LogP contribution in [0.2, 0.25) is 0 Å². The van der Waals surface area contributed by atoms with E-state index >= 15 is 0 Å². The number of nitrogens with zero attached hydrogens (tertiary/aromatic N) is 1. The first-order chi connectivity index (χ1) is 10.4. The summed E-state index contributed by atoms with van der Waals surface area (Å²) in [6.45, 7) is 0. The van der Waals surface area contributed by atoms with Gasteiger partial charge in [0.15, 0.2) is 5.11 Å². The Morgan fingerprint density at radius 1 is 1.23 bits per heavy atom. The highest BCUT2D eigenvalue weighted by molar-refractivity contribution is 7.80. The lowest BCUT2D eigenvalue weighted by molar-refractivity contribution is -0.137. The Morgan fingerprint density at radius 2 is 1.95 bits per heavy atom. The van der Waals surface area contributed by atoms with Crippen LogP contribution in [0.3, 0.4) is 0 Å². The molecule has 0 aliphatic heterocycles. The second kappa shape index (κ2) is 7.58. The Hall–Kier alpha value is -1.63. The van der Waals surface area contributed by atoms with Crippen LogP contribution in [-0.2, 0) is 6.18 Å². The van der Waals surface area contributed by atoms with Gasteiger partial charge in [0, 0.05) is 6.04 Å². The van der Waals surface area contributed by atoms with Gasteiger partial charge in [-0.25, -0.2) is 0 Å². The third-order valence-corrected chi connectivity index (χ3v) is 3.74. The van der Waals surface area contributed by atoms with Gasteiger partial charge in [0.25, 0.3) is 0 Å². The van der Waals surface area contributed by atoms with Crippen LogP contribution in [-0.4, -0.2) is 17.4 Å². The Kier molecular flexibility index (Phi) is 5.76. The van der Waals surface area contributed by atoms with E-state index in [-0.39, 0.29) is 0 Å². The largest absolute Gasteiger partial charge is 0.416 e. The van der Waals surface area contributed by atoms with Gasteiger partial charge in [-0.1, -0.05) is 31.4 Å². The fourth-order valence-corrected chi connectivity index (χ4v) is 2.64. The Morgan fingerprint density at radius 3 is 2.64 bits per heavy atom. The topological polar surface area (TPSA) is 36.4 Å². The van der Waals surface area contributed by atoms with Crippen molar-refractivity contribution in [3.8, 4) is 0 Å². The lowest BCUT2D eigenvalue weighted by Crippen LogP contribution is -2.40. The molecule has 1 fully saturated rings. The summed E-state index contributed by atoms with van der Waals surface area (Å²) < 4.78 is 37.8. The first-order valence-electron chi connectivity index (χ1n) is 7.22. The minimum atomic E-state index is -4.35. The van der Waals surface area contributed by atoms with Crippen LogP contribution in [0.1, 0.15) is 43.2 Å². The fourth-order valence-electron chi connectivity index (χ4n) is 2.43. The molecule has 120 valence electrons. The summed E-state index contributed by atoms with van der Waals surface area (Å²) in [6, 6.07) is 5.33.